The van der Waals surface area contributed by atoms with E-state index < -0.39 is 20.6 Å². The number of halogens is 2. The highest BCUT2D eigenvalue weighted by atomic mass is 79.9. The molecule has 0 spiro atoms. The van der Waals surface area contributed by atoms with Crippen LogP contribution < -0.4 is 4.72 Å². The van der Waals surface area contributed by atoms with Gasteiger partial charge in [0.1, 0.15) is 5.82 Å². The van der Waals surface area contributed by atoms with Gasteiger partial charge in [0.05, 0.1) is 9.22 Å². The van der Waals surface area contributed by atoms with Crippen LogP contribution in [0, 0.1) is 5.82 Å². The molecule has 0 amide bonds. The first-order chi connectivity index (χ1) is 7.13. The molecule has 0 unspecified atom stereocenters. The van der Waals surface area contributed by atoms with Gasteiger partial charge in [-0.05, 0) is 54.9 Å². The third kappa shape index (κ3) is 2.95. The van der Waals surface area contributed by atoms with E-state index in [0.29, 0.717) is 5.69 Å². The molecule has 6 heteroatoms. The summed E-state index contributed by atoms with van der Waals surface area (Å²) in [6, 6.07) is 3.96. The smallest absolute Gasteiger partial charge is 0.237 e. The Morgan fingerprint density at radius 2 is 1.88 bits per heavy atom. The lowest BCUT2D eigenvalue weighted by molar-refractivity contribution is 0.566. The molecule has 16 heavy (non-hydrogen) atoms. The van der Waals surface area contributed by atoms with Crippen LogP contribution in [0.3, 0.4) is 0 Å². The third-order valence-corrected chi connectivity index (χ3v) is 4.70. The standard InChI is InChI=1S/C10H13BrFNO2S/c1-10(2,3)16(14,15)13-7-4-5-9(12)8(11)6-7/h4-6,13H,1-3H3. The lowest BCUT2D eigenvalue weighted by atomic mass is 10.3. The Hall–Kier alpha value is -0.620. The summed E-state index contributed by atoms with van der Waals surface area (Å²) in [7, 11) is -3.47. The molecule has 0 atom stereocenters. The summed E-state index contributed by atoms with van der Waals surface area (Å²) in [6.45, 7) is 4.77. The molecule has 0 aliphatic heterocycles. The van der Waals surface area contributed by atoms with E-state index in [0.717, 1.165) is 0 Å². The second-order valence-electron chi connectivity index (χ2n) is 4.35. The molecule has 0 fully saturated rings. The van der Waals surface area contributed by atoms with Crippen molar-refractivity contribution in [1.82, 2.24) is 0 Å². The van der Waals surface area contributed by atoms with Crippen LogP contribution in [0.25, 0.3) is 0 Å². The molecule has 3 nitrogen and oxygen atoms in total. The molecule has 1 rings (SSSR count). The largest absolute Gasteiger partial charge is 0.283 e. The second-order valence-corrected chi connectivity index (χ2v) is 7.64. The van der Waals surface area contributed by atoms with Gasteiger partial charge in [-0.1, -0.05) is 0 Å². The maximum atomic E-state index is 12.9. The normalized spacial score (nSPS) is 12.6. The predicted molar refractivity (Wildman–Crippen MR) is 66.4 cm³/mol. The maximum absolute atomic E-state index is 12.9. The van der Waals surface area contributed by atoms with Crippen LogP contribution in [0.15, 0.2) is 22.7 Å². The summed E-state index contributed by atoms with van der Waals surface area (Å²) in [4.78, 5) is 0. The monoisotopic (exact) mass is 309 g/mol. The molecule has 0 saturated carbocycles. The van der Waals surface area contributed by atoms with Gasteiger partial charge < -0.3 is 0 Å². The minimum absolute atomic E-state index is 0.224. The van der Waals surface area contributed by atoms with Crippen LogP contribution in [0.4, 0.5) is 10.1 Å². The van der Waals surface area contributed by atoms with E-state index in [1.54, 1.807) is 20.8 Å². The summed E-state index contributed by atoms with van der Waals surface area (Å²) >= 11 is 2.99. The van der Waals surface area contributed by atoms with Crippen molar-refractivity contribution in [2.45, 2.75) is 25.5 Å². The first-order valence-electron chi connectivity index (χ1n) is 4.61. The Morgan fingerprint density at radius 3 is 2.31 bits per heavy atom. The summed E-state index contributed by atoms with van der Waals surface area (Å²) in [5, 5.41) is 0. The van der Waals surface area contributed by atoms with E-state index in [2.05, 4.69) is 20.7 Å². The van der Waals surface area contributed by atoms with Crippen molar-refractivity contribution < 1.29 is 12.8 Å². The Labute approximate surface area is 103 Å². The number of rotatable bonds is 2. The molecule has 0 bridgehead atoms. The zero-order valence-corrected chi connectivity index (χ0v) is 11.6. The molecule has 0 aliphatic carbocycles. The van der Waals surface area contributed by atoms with Crippen molar-refractivity contribution in [3.63, 3.8) is 0 Å². The molecule has 1 aromatic rings. The highest BCUT2D eigenvalue weighted by Gasteiger charge is 2.28. The lowest BCUT2D eigenvalue weighted by Crippen LogP contribution is -2.33. The lowest BCUT2D eigenvalue weighted by Gasteiger charge is -2.20. The molecule has 0 saturated heterocycles. The Bertz CT molecular complexity index is 494. The quantitative estimate of drug-likeness (QED) is 0.912. The molecular formula is C10H13BrFNO2S. The topological polar surface area (TPSA) is 46.2 Å². The van der Waals surface area contributed by atoms with Gasteiger partial charge in [-0.25, -0.2) is 12.8 Å². The fourth-order valence-electron chi connectivity index (χ4n) is 0.868. The van der Waals surface area contributed by atoms with Gasteiger partial charge in [0.25, 0.3) is 0 Å². The van der Waals surface area contributed by atoms with Crippen LogP contribution in [0.5, 0.6) is 0 Å². The molecule has 0 aromatic heterocycles. The van der Waals surface area contributed by atoms with Crippen LogP contribution >= 0.6 is 15.9 Å². The summed E-state index contributed by atoms with van der Waals surface area (Å²) in [5.74, 6) is -0.432. The fraction of sp³-hybridized carbons (Fsp3) is 0.400. The summed E-state index contributed by atoms with van der Waals surface area (Å²) < 4.78 is 38.3. The zero-order chi connectivity index (χ0) is 12.6. The van der Waals surface area contributed by atoms with Crippen LogP contribution in [-0.4, -0.2) is 13.2 Å². The Kier molecular flexibility index (Phi) is 3.64. The van der Waals surface area contributed by atoms with Gasteiger partial charge in [0.2, 0.25) is 10.0 Å². The predicted octanol–water partition coefficient (Wildman–Crippen LogP) is 3.13. The van der Waals surface area contributed by atoms with Crippen LogP contribution in [0.2, 0.25) is 0 Å². The minimum Gasteiger partial charge on any atom is -0.283 e. The first kappa shape index (κ1) is 13.4. The van der Waals surface area contributed by atoms with E-state index >= 15 is 0 Å². The maximum Gasteiger partial charge on any atom is 0.237 e. The SMILES string of the molecule is CC(C)(C)S(=O)(=O)Nc1ccc(F)c(Br)c1. The van der Waals surface area contributed by atoms with E-state index in [4.69, 9.17) is 0 Å². The number of anilines is 1. The third-order valence-electron chi connectivity index (χ3n) is 1.98. The average Bonchev–Trinajstić information content (AvgIpc) is 2.09. The Balaban J connectivity index is 3.03. The van der Waals surface area contributed by atoms with Gasteiger partial charge in [-0.3, -0.25) is 4.72 Å². The average molecular weight is 310 g/mol. The van der Waals surface area contributed by atoms with Crippen molar-refractivity contribution >= 4 is 31.6 Å². The van der Waals surface area contributed by atoms with Gasteiger partial charge >= 0.3 is 0 Å². The van der Waals surface area contributed by atoms with Crippen molar-refractivity contribution in [3.05, 3.63) is 28.5 Å². The number of hydrogen-bond acceptors (Lipinski definition) is 2. The summed E-state index contributed by atoms with van der Waals surface area (Å²) in [5.41, 5.74) is 0.336. The van der Waals surface area contributed by atoms with E-state index in [1.807, 2.05) is 0 Å². The van der Waals surface area contributed by atoms with Crippen molar-refractivity contribution in [1.29, 1.82) is 0 Å². The van der Waals surface area contributed by atoms with E-state index in [-0.39, 0.29) is 4.47 Å². The highest BCUT2D eigenvalue weighted by Crippen LogP contribution is 2.23. The molecule has 0 heterocycles. The molecule has 1 aromatic carbocycles. The van der Waals surface area contributed by atoms with Crippen molar-refractivity contribution in [2.75, 3.05) is 4.72 Å². The number of hydrogen-bond donors (Lipinski definition) is 1. The molecular weight excluding hydrogens is 297 g/mol. The van der Waals surface area contributed by atoms with E-state index in [1.165, 1.54) is 18.2 Å². The van der Waals surface area contributed by atoms with Crippen LogP contribution in [0.1, 0.15) is 20.8 Å². The van der Waals surface area contributed by atoms with Gasteiger partial charge in [0, 0.05) is 5.69 Å². The minimum atomic E-state index is -3.47. The van der Waals surface area contributed by atoms with Crippen LogP contribution in [-0.2, 0) is 10.0 Å². The van der Waals surface area contributed by atoms with Gasteiger partial charge in [-0.2, -0.15) is 0 Å². The number of nitrogens with one attached hydrogen (secondary N) is 1. The fourth-order valence-corrected chi connectivity index (χ4v) is 1.99. The van der Waals surface area contributed by atoms with Gasteiger partial charge in [0.15, 0.2) is 0 Å². The highest BCUT2D eigenvalue weighted by molar-refractivity contribution is 9.10. The zero-order valence-electron chi connectivity index (χ0n) is 9.21. The van der Waals surface area contributed by atoms with Crippen molar-refractivity contribution in [3.8, 4) is 0 Å². The number of benzene rings is 1. The van der Waals surface area contributed by atoms with Gasteiger partial charge in [-0.15, -0.1) is 0 Å². The molecule has 1 N–H and O–H groups in total. The van der Waals surface area contributed by atoms with E-state index in [9.17, 15) is 12.8 Å². The molecule has 90 valence electrons. The van der Waals surface area contributed by atoms with Crippen molar-refractivity contribution in [2.24, 2.45) is 0 Å². The second kappa shape index (κ2) is 4.33. The first-order valence-corrected chi connectivity index (χ1v) is 6.88. The number of sulfonamides is 1. The Morgan fingerprint density at radius 1 is 1.31 bits per heavy atom. The molecule has 0 radical (unpaired) electrons. The molecule has 0 aliphatic rings. The summed E-state index contributed by atoms with van der Waals surface area (Å²) in [6.07, 6.45) is 0.